The predicted molar refractivity (Wildman–Crippen MR) is 90.8 cm³/mol. The van der Waals surface area contributed by atoms with Crippen LogP contribution < -0.4 is 4.74 Å². The van der Waals surface area contributed by atoms with Crippen LogP contribution in [0.25, 0.3) is 0 Å². The fourth-order valence-corrected chi connectivity index (χ4v) is 3.46. The van der Waals surface area contributed by atoms with Crippen LogP contribution in [0.2, 0.25) is 0 Å². The Kier molecular flexibility index (Phi) is 5.03. The summed E-state index contributed by atoms with van der Waals surface area (Å²) in [6.07, 6.45) is 0. The second-order valence-corrected chi connectivity index (χ2v) is 6.93. The van der Waals surface area contributed by atoms with E-state index >= 15 is 0 Å². The first-order chi connectivity index (χ1) is 11.8. The highest BCUT2D eigenvalue weighted by atomic mass is 19.3. The summed E-state index contributed by atoms with van der Waals surface area (Å²) in [4.78, 5) is 2.30. The highest BCUT2D eigenvalue weighted by Crippen LogP contribution is 2.28. The SMILES string of the molecule is Cc1cc(CN2CCn3c(nnc3C(C)C)C2)cc(C)c1OC(F)F. The maximum atomic E-state index is 12.5. The largest absolute Gasteiger partial charge is 0.434 e. The number of alkyl halides is 2. The summed E-state index contributed by atoms with van der Waals surface area (Å²) in [5, 5.41) is 8.62. The maximum Gasteiger partial charge on any atom is 0.387 e. The Labute approximate surface area is 146 Å². The zero-order chi connectivity index (χ0) is 18.1. The molecule has 1 aliphatic heterocycles. The van der Waals surface area contributed by atoms with Gasteiger partial charge < -0.3 is 9.30 Å². The molecule has 25 heavy (non-hydrogen) atoms. The number of rotatable bonds is 5. The van der Waals surface area contributed by atoms with Gasteiger partial charge in [0.05, 0.1) is 6.54 Å². The van der Waals surface area contributed by atoms with Crippen molar-refractivity contribution in [3.8, 4) is 5.75 Å². The Balaban J connectivity index is 1.73. The zero-order valence-corrected chi connectivity index (χ0v) is 15.1. The molecule has 0 unspecified atom stereocenters. The predicted octanol–water partition coefficient (Wildman–Crippen LogP) is 3.64. The number of ether oxygens (including phenoxy) is 1. The van der Waals surface area contributed by atoms with Crippen LogP contribution >= 0.6 is 0 Å². The van der Waals surface area contributed by atoms with Crippen molar-refractivity contribution in [1.29, 1.82) is 0 Å². The standard InChI is InChI=1S/C18H24F2N4O/c1-11(2)17-22-21-15-10-23(5-6-24(15)17)9-14-7-12(3)16(13(4)8-14)25-18(19)20/h7-8,11,18H,5-6,9-10H2,1-4H3. The van der Waals surface area contributed by atoms with Crippen LogP contribution in [0.5, 0.6) is 5.75 Å². The molecule has 136 valence electrons. The smallest absolute Gasteiger partial charge is 0.387 e. The molecule has 3 rings (SSSR count). The van der Waals surface area contributed by atoms with Gasteiger partial charge in [-0.1, -0.05) is 26.0 Å². The molecule has 0 radical (unpaired) electrons. The molecule has 5 nitrogen and oxygen atoms in total. The second-order valence-electron chi connectivity index (χ2n) is 6.93. The number of hydrogen-bond acceptors (Lipinski definition) is 4. The molecule has 0 spiro atoms. The third-order valence-corrected chi connectivity index (χ3v) is 4.51. The topological polar surface area (TPSA) is 43.2 Å². The molecule has 7 heteroatoms. The van der Waals surface area contributed by atoms with Gasteiger partial charge in [-0.05, 0) is 30.5 Å². The van der Waals surface area contributed by atoms with Crippen LogP contribution in [0, 0.1) is 13.8 Å². The molecular weight excluding hydrogens is 326 g/mol. The fourth-order valence-electron chi connectivity index (χ4n) is 3.46. The van der Waals surface area contributed by atoms with E-state index in [-0.39, 0.29) is 5.75 Å². The lowest BCUT2D eigenvalue weighted by Gasteiger charge is -2.28. The molecule has 2 heterocycles. The summed E-state index contributed by atoms with van der Waals surface area (Å²) in [5.41, 5.74) is 2.56. The van der Waals surface area contributed by atoms with Crippen molar-refractivity contribution in [2.24, 2.45) is 0 Å². The summed E-state index contributed by atoms with van der Waals surface area (Å²) in [6.45, 7) is 8.33. The van der Waals surface area contributed by atoms with Gasteiger partial charge in [0.2, 0.25) is 0 Å². The van der Waals surface area contributed by atoms with Crippen LogP contribution in [-0.2, 0) is 19.6 Å². The van der Waals surface area contributed by atoms with E-state index in [1.165, 1.54) is 0 Å². The average molecular weight is 350 g/mol. The maximum absolute atomic E-state index is 12.5. The lowest BCUT2D eigenvalue weighted by atomic mass is 10.0. The normalized spacial score (nSPS) is 15.0. The van der Waals surface area contributed by atoms with E-state index in [0.717, 1.165) is 54.5 Å². The van der Waals surface area contributed by atoms with E-state index in [1.807, 2.05) is 12.1 Å². The summed E-state index contributed by atoms with van der Waals surface area (Å²) in [5.74, 6) is 2.66. The molecule has 2 aromatic rings. The van der Waals surface area contributed by atoms with Crippen LogP contribution in [0.1, 0.15) is 48.1 Å². The number of fused-ring (bicyclic) bond motifs is 1. The zero-order valence-electron chi connectivity index (χ0n) is 15.1. The van der Waals surface area contributed by atoms with E-state index in [9.17, 15) is 8.78 Å². The molecule has 1 aliphatic rings. The van der Waals surface area contributed by atoms with Crippen LogP contribution in [0.15, 0.2) is 12.1 Å². The van der Waals surface area contributed by atoms with Crippen molar-refractivity contribution in [1.82, 2.24) is 19.7 Å². The Morgan fingerprint density at radius 1 is 1.12 bits per heavy atom. The van der Waals surface area contributed by atoms with E-state index < -0.39 is 6.61 Å². The van der Waals surface area contributed by atoms with Gasteiger partial charge in [-0.15, -0.1) is 10.2 Å². The molecule has 0 saturated heterocycles. The molecule has 0 N–H and O–H groups in total. The number of halogens is 2. The monoisotopic (exact) mass is 350 g/mol. The van der Waals surface area contributed by atoms with Crippen molar-refractivity contribution in [2.75, 3.05) is 6.54 Å². The minimum Gasteiger partial charge on any atom is -0.434 e. The van der Waals surface area contributed by atoms with Crippen LogP contribution in [-0.4, -0.2) is 32.8 Å². The number of hydrogen-bond donors (Lipinski definition) is 0. The van der Waals surface area contributed by atoms with E-state index in [1.54, 1.807) is 13.8 Å². The molecular formula is C18H24F2N4O. The minimum absolute atomic E-state index is 0.277. The van der Waals surface area contributed by atoms with Crippen molar-refractivity contribution < 1.29 is 13.5 Å². The Morgan fingerprint density at radius 2 is 1.80 bits per heavy atom. The molecule has 1 aromatic heterocycles. The van der Waals surface area contributed by atoms with Gasteiger partial charge in [-0.25, -0.2) is 0 Å². The Morgan fingerprint density at radius 3 is 2.40 bits per heavy atom. The van der Waals surface area contributed by atoms with Gasteiger partial charge >= 0.3 is 6.61 Å². The number of aryl methyl sites for hydroxylation is 2. The van der Waals surface area contributed by atoms with Gasteiger partial charge in [0.1, 0.15) is 17.4 Å². The van der Waals surface area contributed by atoms with E-state index in [4.69, 9.17) is 0 Å². The molecule has 0 amide bonds. The lowest BCUT2D eigenvalue weighted by molar-refractivity contribution is -0.0507. The van der Waals surface area contributed by atoms with Gasteiger partial charge in [0, 0.05) is 25.6 Å². The van der Waals surface area contributed by atoms with Gasteiger partial charge in [-0.3, -0.25) is 4.90 Å². The van der Waals surface area contributed by atoms with E-state index in [2.05, 4.69) is 38.2 Å². The quantitative estimate of drug-likeness (QED) is 0.826. The van der Waals surface area contributed by atoms with Crippen LogP contribution in [0.4, 0.5) is 8.78 Å². The summed E-state index contributed by atoms with van der Waals surface area (Å²) >= 11 is 0. The molecule has 0 saturated carbocycles. The second kappa shape index (κ2) is 7.07. The van der Waals surface area contributed by atoms with Gasteiger partial charge in [0.15, 0.2) is 0 Å². The van der Waals surface area contributed by atoms with Gasteiger partial charge in [0.25, 0.3) is 0 Å². The summed E-state index contributed by atoms with van der Waals surface area (Å²) < 4.78 is 31.8. The van der Waals surface area contributed by atoms with Crippen molar-refractivity contribution in [3.05, 3.63) is 40.5 Å². The Hall–Kier alpha value is -2.02. The van der Waals surface area contributed by atoms with Crippen molar-refractivity contribution in [3.63, 3.8) is 0 Å². The third-order valence-electron chi connectivity index (χ3n) is 4.51. The molecule has 1 aromatic carbocycles. The summed E-state index contributed by atoms with van der Waals surface area (Å²) in [7, 11) is 0. The minimum atomic E-state index is -2.80. The first kappa shape index (κ1) is 17.8. The molecule has 0 atom stereocenters. The number of aromatic nitrogens is 3. The third kappa shape index (κ3) is 3.81. The first-order valence-corrected chi connectivity index (χ1v) is 8.54. The molecule has 0 bridgehead atoms. The van der Waals surface area contributed by atoms with Crippen molar-refractivity contribution in [2.45, 2.75) is 59.9 Å². The van der Waals surface area contributed by atoms with E-state index in [0.29, 0.717) is 5.92 Å². The first-order valence-electron chi connectivity index (χ1n) is 8.54. The van der Waals surface area contributed by atoms with Gasteiger partial charge in [-0.2, -0.15) is 8.78 Å². The molecule has 0 aliphatic carbocycles. The summed E-state index contributed by atoms with van der Waals surface area (Å²) in [6, 6.07) is 3.84. The fraction of sp³-hybridized carbons (Fsp3) is 0.556. The molecule has 0 fully saturated rings. The number of benzene rings is 1. The lowest BCUT2D eigenvalue weighted by Crippen LogP contribution is -2.34. The Bertz CT molecular complexity index is 735. The average Bonchev–Trinajstić information content (AvgIpc) is 2.94. The van der Waals surface area contributed by atoms with Crippen molar-refractivity contribution >= 4 is 0 Å². The van der Waals surface area contributed by atoms with Crippen LogP contribution in [0.3, 0.4) is 0 Å². The highest BCUT2D eigenvalue weighted by Gasteiger charge is 2.22. The highest BCUT2D eigenvalue weighted by molar-refractivity contribution is 5.43. The number of nitrogens with zero attached hydrogens (tertiary/aromatic N) is 4.